The molecule has 19 heteroatoms. The minimum atomic E-state index is -5.06. The normalized spacial score (nSPS) is 12.0. The zero-order valence-electron chi connectivity index (χ0n) is 18.4. The molecule has 3 rings (SSSR count). The van der Waals surface area contributed by atoms with E-state index in [4.69, 9.17) is 5.73 Å². The molecule has 3 aromatic carbocycles. The third-order valence-corrected chi connectivity index (χ3v) is 6.63. The van der Waals surface area contributed by atoms with Gasteiger partial charge >= 0.3 is 88.7 Å². The molecule has 0 heterocycles. The Bertz CT molecular complexity index is 1630. The van der Waals surface area contributed by atoms with Crippen molar-refractivity contribution in [1.82, 2.24) is 0 Å². The third kappa shape index (κ3) is 8.17. The zero-order chi connectivity index (χ0) is 24.1. The van der Waals surface area contributed by atoms with Crippen molar-refractivity contribution in [3.05, 3.63) is 42.5 Å². The molecule has 0 unspecified atom stereocenters. The first-order valence-electron chi connectivity index (χ1n) is 8.07. The molecule has 35 heavy (non-hydrogen) atoms. The largest absolute Gasteiger partial charge is 1.00 e. The molecule has 0 saturated heterocycles. The van der Waals surface area contributed by atoms with Crippen LogP contribution < -0.4 is 99.5 Å². The molecule has 3 N–H and O–H groups in total. The summed E-state index contributed by atoms with van der Waals surface area (Å²) in [6.07, 6.45) is 0. The third-order valence-electron chi connectivity index (χ3n) is 4.10. The number of benzene rings is 3. The summed E-state index contributed by atoms with van der Waals surface area (Å²) < 4.78 is 99.6. The number of nitrogen functional groups attached to an aromatic ring is 1. The number of fused-ring (bicyclic) bond motifs is 1. The van der Waals surface area contributed by atoms with Gasteiger partial charge < -0.3 is 19.9 Å². The van der Waals surface area contributed by atoms with Crippen LogP contribution in [-0.4, -0.2) is 38.9 Å². The van der Waals surface area contributed by atoms with Crippen molar-refractivity contribution in [2.75, 3.05) is 5.73 Å². The smallest absolute Gasteiger partial charge is 0.872 e. The van der Waals surface area contributed by atoms with E-state index in [0.717, 1.165) is 18.2 Å². The van der Waals surface area contributed by atoms with E-state index in [1.54, 1.807) is 0 Å². The van der Waals surface area contributed by atoms with Crippen molar-refractivity contribution in [3.8, 4) is 5.75 Å². The Morgan fingerprint density at radius 3 is 1.86 bits per heavy atom. The Kier molecular flexibility index (Phi) is 12.5. The summed E-state index contributed by atoms with van der Waals surface area (Å²) in [5.74, 6) is -0.944. The first-order chi connectivity index (χ1) is 14.6. The second-order valence-electron chi connectivity index (χ2n) is 6.24. The predicted molar refractivity (Wildman–Crippen MR) is 104 cm³/mol. The fraction of sp³-hybridized carbons (Fsp3) is 0. The Morgan fingerprint density at radius 2 is 1.34 bits per heavy atom. The van der Waals surface area contributed by atoms with E-state index >= 15 is 0 Å². The minimum Gasteiger partial charge on any atom is -0.872 e. The standard InChI is InChI=1S/C16H13N3O10S3.3Na/c17-11-3-1-8-5-10(31(24,25)26)6-13(20)15(8)16(11)19-18-12-4-2-9(30(21,22)23)7-14(12)32(27,28)29;;;/h1-7,20H,17H2,(H,21,22,23)(H,24,25,26)(H,27,28,29);;;/q;3*+1/p-3. The van der Waals surface area contributed by atoms with Crippen molar-refractivity contribution < 1.29 is 133 Å². The summed E-state index contributed by atoms with van der Waals surface area (Å²) >= 11 is 0. The van der Waals surface area contributed by atoms with E-state index in [1.165, 1.54) is 12.1 Å². The number of nitrogens with two attached hydrogens (primary N) is 1. The maximum absolute atomic E-state index is 12.4. The molecule has 170 valence electrons. The number of azo groups is 1. The van der Waals surface area contributed by atoms with Gasteiger partial charge in [-0.15, -0.1) is 10.2 Å². The van der Waals surface area contributed by atoms with Gasteiger partial charge in [-0.1, -0.05) is 17.9 Å². The van der Waals surface area contributed by atoms with Crippen molar-refractivity contribution in [3.63, 3.8) is 0 Å². The van der Waals surface area contributed by atoms with Gasteiger partial charge in [0.2, 0.25) is 0 Å². The van der Waals surface area contributed by atoms with E-state index in [-0.39, 0.29) is 111 Å². The quantitative estimate of drug-likeness (QED) is 0.126. The van der Waals surface area contributed by atoms with Crippen LogP contribution in [0.5, 0.6) is 5.75 Å². The Hall–Kier alpha value is -0.150. The maximum atomic E-state index is 12.4. The molecule has 0 atom stereocenters. The van der Waals surface area contributed by atoms with Crippen LogP contribution in [0, 0.1) is 0 Å². The van der Waals surface area contributed by atoms with E-state index in [0.29, 0.717) is 12.1 Å². The van der Waals surface area contributed by atoms with Gasteiger partial charge in [0, 0.05) is 5.39 Å². The topological polar surface area (TPSA) is 243 Å². The molecular formula is C16H10N3Na3O10S3. The zero-order valence-corrected chi connectivity index (χ0v) is 26.8. The van der Waals surface area contributed by atoms with Crippen LogP contribution in [0.4, 0.5) is 17.1 Å². The van der Waals surface area contributed by atoms with Crippen molar-refractivity contribution >= 4 is 58.2 Å². The predicted octanol–water partition coefficient (Wildman–Crippen LogP) is -8.02. The first kappa shape index (κ1) is 34.9. The maximum Gasteiger partial charge on any atom is 1.00 e. The number of hydrogen-bond donors (Lipinski definition) is 2. The summed E-state index contributed by atoms with van der Waals surface area (Å²) in [6, 6.07) is 5.81. The second kappa shape index (κ2) is 12.6. The average Bonchev–Trinajstić information content (AvgIpc) is 2.65. The van der Waals surface area contributed by atoms with Gasteiger partial charge in [-0.2, -0.15) is 8.42 Å². The van der Waals surface area contributed by atoms with Gasteiger partial charge in [0.1, 0.15) is 36.5 Å². The molecule has 0 spiro atoms. The Labute approximate surface area is 266 Å². The van der Waals surface area contributed by atoms with E-state index in [2.05, 4.69) is 10.2 Å². The van der Waals surface area contributed by atoms with Gasteiger partial charge in [-0.3, -0.25) is 4.55 Å². The summed E-state index contributed by atoms with van der Waals surface area (Å²) in [5.41, 5.74) is 4.74. The summed E-state index contributed by atoms with van der Waals surface area (Å²) in [6.45, 7) is 0. The SMILES string of the molecule is Nc1ccc2cc(S(=O)(=O)[O-])cc([O-])c2c1N=Nc1ccc(S(=O)(=O)[O-])cc1S(=O)(=O)O.[Na+].[Na+].[Na+]. The monoisotopic (exact) mass is 569 g/mol. The molecular weight excluding hydrogens is 559 g/mol. The molecule has 0 bridgehead atoms. The first-order valence-corrected chi connectivity index (χ1v) is 12.3. The van der Waals surface area contributed by atoms with Crippen LogP contribution in [0.3, 0.4) is 0 Å². The van der Waals surface area contributed by atoms with Crippen molar-refractivity contribution in [2.24, 2.45) is 10.2 Å². The summed E-state index contributed by atoms with van der Waals surface area (Å²) in [5, 5.41) is 19.4. The molecule has 0 amide bonds. The molecule has 0 aliphatic carbocycles. The number of anilines is 1. The van der Waals surface area contributed by atoms with Crippen LogP contribution in [0.25, 0.3) is 10.8 Å². The molecule has 0 aromatic heterocycles. The van der Waals surface area contributed by atoms with Gasteiger partial charge in [0.25, 0.3) is 10.1 Å². The van der Waals surface area contributed by atoms with E-state index < -0.39 is 56.5 Å². The fourth-order valence-electron chi connectivity index (χ4n) is 2.69. The second-order valence-corrected chi connectivity index (χ2v) is 10.4. The Balaban J connectivity index is 0.00000385. The van der Waals surface area contributed by atoms with Gasteiger partial charge in [-0.25, -0.2) is 16.8 Å². The number of hydrogen-bond acceptors (Lipinski definition) is 12. The van der Waals surface area contributed by atoms with Crippen LogP contribution in [-0.2, 0) is 30.4 Å². The van der Waals surface area contributed by atoms with Crippen molar-refractivity contribution in [2.45, 2.75) is 14.7 Å². The number of nitrogens with zero attached hydrogens (tertiary/aromatic N) is 2. The molecule has 13 nitrogen and oxygen atoms in total. The molecule has 0 saturated carbocycles. The minimum absolute atomic E-state index is 0. The molecule has 0 aliphatic rings. The fourth-order valence-corrected chi connectivity index (χ4v) is 4.44. The van der Waals surface area contributed by atoms with Crippen LogP contribution in [0.1, 0.15) is 0 Å². The van der Waals surface area contributed by atoms with Crippen LogP contribution in [0.2, 0.25) is 0 Å². The van der Waals surface area contributed by atoms with Gasteiger partial charge in [0.05, 0.1) is 15.5 Å². The summed E-state index contributed by atoms with van der Waals surface area (Å²) in [4.78, 5) is -2.80. The molecule has 0 radical (unpaired) electrons. The average molecular weight is 569 g/mol. The van der Waals surface area contributed by atoms with Crippen LogP contribution in [0.15, 0.2) is 67.4 Å². The van der Waals surface area contributed by atoms with Crippen molar-refractivity contribution in [1.29, 1.82) is 0 Å². The number of rotatable bonds is 5. The van der Waals surface area contributed by atoms with E-state index in [9.17, 15) is 44.0 Å². The molecule has 0 aliphatic heterocycles. The Morgan fingerprint density at radius 1 is 0.771 bits per heavy atom. The summed E-state index contributed by atoms with van der Waals surface area (Å²) in [7, 11) is -15.1. The van der Waals surface area contributed by atoms with E-state index in [1.807, 2.05) is 0 Å². The van der Waals surface area contributed by atoms with Crippen LogP contribution >= 0.6 is 0 Å². The van der Waals surface area contributed by atoms with Gasteiger partial charge in [-0.05, 0) is 35.7 Å². The molecule has 0 fully saturated rings. The molecule has 3 aromatic rings. The van der Waals surface area contributed by atoms with Gasteiger partial charge in [0.15, 0.2) is 0 Å².